The lowest BCUT2D eigenvalue weighted by molar-refractivity contribution is -0.271. The van der Waals surface area contributed by atoms with Gasteiger partial charge in [0, 0.05) is 12.5 Å². The summed E-state index contributed by atoms with van der Waals surface area (Å²) >= 11 is 0. The summed E-state index contributed by atoms with van der Waals surface area (Å²) in [5.74, 6) is -1.19. The SMILES string of the molecule is CNC[C@H]1CCCC[C@]1(O)c1cccc(OC2O[C@H](C(=O)O)[C@@H](O)[C@H](O)[C@H]2O)c1. The summed E-state index contributed by atoms with van der Waals surface area (Å²) in [7, 11) is 1.84. The van der Waals surface area contributed by atoms with E-state index in [1.54, 1.807) is 24.3 Å². The van der Waals surface area contributed by atoms with Gasteiger partial charge < -0.3 is 40.3 Å². The molecule has 9 heteroatoms. The number of carbonyl (C=O) groups is 1. The van der Waals surface area contributed by atoms with E-state index >= 15 is 0 Å². The Morgan fingerprint density at radius 1 is 1.24 bits per heavy atom. The maximum absolute atomic E-state index is 11.4. The van der Waals surface area contributed by atoms with Crippen molar-refractivity contribution in [1.82, 2.24) is 5.32 Å². The van der Waals surface area contributed by atoms with Gasteiger partial charge in [0.1, 0.15) is 24.1 Å². The second-order valence-corrected chi connectivity index (χ2v) is 7.81. The zero-order valence-electron chi connectivity index (χ0n) is 16.3. The molecule has 7 atom stereocenters. The molecule has 1 heterocycles. The molecule has 1 aliphatic heterocycles. The monoisotopic (exact) mass is 411 g/mol. The molecule has 6 N–H and O–H groups in total. The molecule has 9 nitrogen and oxygen atoms in total. The van der Waals surface area contributed by atoms with Gasteiger partial charge in [-0.3, -0.25) is 0 Å². The first-order valence-electron chi connectivity index (χ1n) is 9.84. The second-order valence-electron chi connectivity index (χ2n) is 7.81. The van der Waals surface area contributed by atoms with Gasteiger partial charge in [-0.2, -0.15) is 0 Å². The lowest BCUT2D eigenvalue weighted by Gasteiger charge is -2.41. The van der Waals surface area contributed by atoms with Crippen molar-refractivity contribution in [1.29, 1.82) is 0 Å². The highest BCUT2D eigenvalue weighted by Gasteiger charge is 2.48. The van der Waals surface area contributed by atoms with Crippen molar-refractivity contribution in [3.8, 4) is 5.75 Å². The van der Waals surface area contributed by atoms with Crippen LogP contribution in [0.4, 0.5) is 0 Å². The lowest BCUT2D eigenvalue weighted by atomic mass is 9.71. The van der Waals surface area contributed by atoms with Crippen molar-refractivity contribution in [3.05, 3.63) is 29.8 Å². The standard InChI is InChI=1S/C20H29NO8/c1-21-10-12-5-2-3-8-20(12,27)11-6-4-7-13(9-11)28-19-16(24)14(22)15(23)17(29-19)18(25)26/h4,6-7,9,12,14-17,19,21-24,27H,2-3,5,8,10H2,1H3,(H,25,26)/t12-,14+,15+,16-,17+,19?,20+/m1/s1. The number of aliphatic carboxylic acids is 1. The van der Waals surface area contributed by atoms with E-state index in [0.717, 1.165) is 19.3 Å². The number of benzene rings is 1. The number of carboxylic acids is 1. The van der Waals surface area contributed by atoms with Crippen molar-refractivity contribution in [2.24, 2.45) is 5.92 Å². The number of carboxylic acid groups (broad SMARTS) is 1. The van der Waals surface area contributed by atoms with Crippen LogP contribution in [0, 0.1) is 5.92 Å². The molecule has 1 aromatic rings. The first-order valence-corrected chi connectivity index (χ1v) is 9.84. The maximum atomic E-state index is 11.4. The fraction of sp³-hybridized carbons (Fsp3) is 0.650. The van der Waals surface area contributed by atoms with Gasteiger partial charge >= 0.3 is 5.97 Å². The molecule has 1 saturated carbocycles. The van der Waals surface area contributed by atoms with Crippen LogP contribution in [0.2, 0.25) is 0 Å². The number of aliphatic hydroxyl groups excluding tert-OH is 3. The highest BCUT2D eigenvalue weighted by atomic mass is 16.7. The highest BCUT2D eigenvalue weighted by molar-refractivity contribution is 5.73. The second kappa shape index (κ2) is 8.95. The van der Waals surface area contributed by atoms with Crippen LogP contribution in [0.3, 0.4) is 0 Å². The van der Waals surface area contributed by atoms with Gasteiger partial charge in [0.05, 0.1) is 5.60 Å². The molecule has 0 spiro atoms. The van der Waals surface area contributed by atoms with E-state index in [4.69, 9.17) is 14.6 Å². The van der Waals surface area contributed by atoms with Gasteiger partial charge in [-0.15, -0.1) is 0 Å². The predicted molar refractivity (Wildman–Crippen MR) is 101 cm³/mol. The van der Waals surface area contributed by atoms with E-state index in [0.29, 0.717) is 18.5 Å². The number of ether oxygens (including phenoxy) is 2. The Kier molecular flexibility index (Phi) is 6.77. The normalized spacial score (nSPS) is 37.8. The fourth-order valence-electron chi connectivity index (χ4n) is 4.25. The Hall–Kier alpha value is -1.75. The molecule has 1 aliphatic carbocycles. The molecule has 1 aromatic carbocycles. The van der Waals surface area contributed by atoms with Gasteiger partial charge in [0.25, 0.3) is 0 Å². The quantitative estimate of drug-likeness (QED) is 0.366. The molecular weight excluding hydrogens is 382 g/mol. The smallest absolute Gasteiger partial charge is 0.335 e. The summed E-state index contributed by atoms with van der Waals surface area (Å²) in [6.45, 7) is 0.663. The molecule has 0 aromatic heterocycles. The summed E-state index contributed by atoms with van der Waals surface area (Å²) in [4.78, 5) is 11.2. The van der Waals surface area contributed by atoms with Crippen molar-refractivity contribution >= 4 is 5.97 Å². The molecular formula is C20H29NO8. The summed E-state index contributed by atoms with van der Waals surface area (Å²) in [6, 6.07) is 6.73. The van der Waals surface area contributed by atoms with E-state index in [9.17, 15) is 25.2 Å². The van der Waals surface area contributed by atoms with Gasteiger partial charge in [0.15, 0.2) is 6.10 Å². The van der Waals surface area contributed by atoms with Gasteiger partial charge in [-0.25, -0.2) is 4.79 Å². The van der Waals surface area contributed by atoms with Crippen LogP contribution in [-0.2, 0) is 15.1 Å². The molecule has 0 bridgehead atoms. The van der Waals surface area contributed by atoms with Crippen molar-refractivity contribution < 1.29 is 39.8 Å². The van der Waals surface area contributed by atoms with Crippen molar-refractivity contribution in [2.45, 2.75) is 62.0 Å². The Bertz CT molecular complexity index is 713. The van der Waals surface area contributed by atoms with Crippen LogP contribution in [-0.4, -0.2) is 75.8 Å². The Morgan fingerprint density at radius 3 is 2.69 bits per heavy atom. The molecule has 29 heavy (non-hydrogen) atoms. The molecule has 2 aliphatic rings. The van der Waals surface area contributed by atoms with Crippen LogP contribution in [0.25, 0.3) is 0 Å². The topological polar surface area (TPSA) is 149 Å². The lowest BCUT2D eigenvalue weighted by Crippen LogP contribution is -2.61. The largest absolute Gasteiger partial charge is 0.479 e. The van der Waals surface area contributed by atoms with Crippen LogP contribution in [0.5, 0.6) is 5.75 Å². The predicted octanol–water partition coefficient (Wildman–Crippen LogP) is -0.445. The number of hydrogen-bond donors (Lipinski definition) is 6. The number of nitrogens with one attached hydrogen (secondary N) is 1. The van der Waals surface area contributed by atoms with Crippen LogP contribution in [0.1, 0.15) is 31.2 Å². The Morgan fingerprint density at radius 2 is 2.00 bits per heavy atom. The van der Waals surface area contributed by atoms with E-state index in [2.05, 4.69) is 5.32 Å². The molecule has 0 amide bonds. The number of rotatable bonds is 6. The number of hydrogen-bond acceptors (Lipinski definition) is 8. The molecule has 2 fully saturated rings. The molecule has 1 unspecified atom stereocenters. The van der Waals surface area contributed by atoms with Crippen LogP contribution < -0.4 is 10.1 Å². The Balaban J connectivity index is 1.81. The van der Waals surface area contributed by atoms with Crippen LogP contribution >= 0.6 is 0 Å². The minimum atomic E-state index is -1.78. The molecule has 0 radical (unpaired) electrons. The summed E-state index contributed by atoms with van der Waals surface area (Å²) in [5, 5.41) is 53.5. The third kappa shape index (κ3) is 4.40. The molecule has 3 rings (SSSR count). The van der Waals surface area contributed by atoms with Gasteiger partial charge in [-0.1, -0.05) is 25.0 Å². The third-order valence-electron chi connectivity index (χ3n) is 5.89. The van der Waals surface area contributed by atoms with Crippen molar-refractivity contribution in [3.63, 3.8) is 0 Å². The maximum Gasteiger partial charge on any atom is 0.335 e. The summed E-state index contributed by atoms with van der Waals surface area (Å²) in [6.07, 6.45) is -4.93. The van der Waals surface area contributed by atoms with E-state index in [1.807, 2.05) is 7.05 Å². The highest BCUT2D eigenvalue weighted by Crippen LogP contribution is 2.42. The zero-order chi connectivity index (χ0) is 21.2. The minimum Gasteiger partial charge on any atom is -0.479 e. The molecule has 1 saturated heterocycles. The van der Waals surface area contributed by atoms with Gasteiger partial charge in [-0.05, 0) is 37.6 Å². The van der Waals surface area contributed by atoms with E-state index in [1.165, 1.54) is 0 Å². The molecule has 162 valence electrons. The van der Waals surface area contributed by atoms with Gasteiger partial charge in [0.2, 0.25) is 6.29 Å². The third-order valence-corrected chi connectivity index (χ3v) is 5.89. The first kappa shape index (κ1) is 21.9. The van der Waals surface area contributed by atoms with E-state index < -0.39 is 42.3 Å². The number of aliphatic hydroxyl groups is 4. The summed E-state index contributed by atoms with van der Waals surface area (Å²) in [5.41, 5.74) is -0.373. The average molecular weight is 411 g/mol. The van der Waals surface area contributed by atoms with E-state index in [-0.39, 0.29) is 11.7 Å². The van der Waals surface area contributed by atoms with Crippen LogP contribution in [0.15, 0.2) is 24.3 Å². The minimum absolute atomic E-state index is 0.0291. The fourth-order valence-corrected chi connectivity index (χ4v) is 4.25. The zero-order valence-corrected chi connectivity index (χ0v) is 16.3. The summed E-state index contributed by atoms with van der Waals surface area (Å²) < 4.78 is 10.8. The average Bonchev–Trinajstić information content (AvgIpc) is 2.70. The Labute approximate surface area is 168 Å². The first-order chi connectivity index (χ1) is 13.8. The van der Waals surface area contributed by atoms with Crippen molar-refractivity contribution in [2.75, 3.05) is 13.6 Å².